The fraction of sp³-hybridized carbons (Fsp3) is 0.462. The molecule has 1 atom stereocenters. The Morgan fingerprint density at radius 3 is 2.58 bits per heavy atom. The van der Waals surface area contributed by atoms with E-state index in [2.05, 4.69) is 24.4 Å². The highest BCUT2D eigenvalue weighted by atomic mass is 32.2. The molecular weight excluding hydrogens is 404 g/mol. The van der Waals surface area contributed by atoms with Crippen molar-refractivity contribution in [3.63, 3.8) is 0 Å². The second kappa shape index (κ2) is 10.4. The van der Waals surface area contributed by atoms with Gasteiger partial charge in [0, 0.05) is 17.8 Å². The predicted molar refractivity (Wildman–Crippen MR) is 129 cm³/mol. The average molecular weight is 437 g/mol. The standard InChI is InChI=1S/C26H32N2O2S/c1-2-7-20-10-5-6-11-23(20)28-25(30)18-31-26(28)21-13-15-22(16-14-21)27-24(29)17-12-19-8-3-4-9-19/h5-6,10-11,13-16,19,26H,2-4,7-9,12,17-18H2,1H3,(H,27,29). The van der Waals surface area contributed by atoms with Crippen molar-refractivity contribution in [3.05, 3.63) is 59.7 Å². The fourth-order valence-corrected chi connectivity index (χ4v) is 5.92. The Morgan fingerprint density at radius 1 is 1.10 bits per heavy atom. The number of carbonyl (C=O) groups is 2. The van der Waals surface area contributed by atoms with Gasteiger partial charge < -0.3 is 5.32 Å². The number of benzene rings is 2. The van der Waals surface area contributed by atoms with Gasteiger partial charge in [-0.05, 0) is 48.1 Å². The Balaban J connectivity index is 1.43. The number of hydrogen-bond acceptors (Lipinski definition) is 3. The number of nitrogens with zero attached hydrogens (tertiary/aromatic N) is 1. The molecule has 2 aromatic carbocycles. The van der Waals surface area contributed by atoms with Crippen molar-refractivity contribution in [2.75, 3.05) is 16.0 Å². The van der Waals surface area contributed by atoms with Crippen LogP contribution in [0.3, 0.4) is 0 Å². The van der Waals surface area contributed by atoms with E-state index < -0.39 is 0 Å². The molecule has 0 aromatic heterocycles. The first kappa shape index (κ1) is 21.9. The Labute approximate surface area is 189 Å². The number of anilines is 2. The molecule has 0 radical (unpaired) electrons. The van der Waals surface area contributed by atoms with Crippen LogP contribution in [-0.4, -0.2) is 17.6 Å². The molecule has 4 rings (SSSR count). The van der Waals surface area contributed by atoms with Crippen LogP contribution in [0.4, 0.5) is 11.4 Å². The Morgan fingerprint density at radius 2 is 1.84 bits per heavy atom. The zero-order valence-electron chi connectivity index (χ0n) is 18.3. The van der Waals surface area contributed by atoms with Crippen molar-refractivity contribution in [1.29, 1.82) is 0 Å². The molecule has 2 amide bonds. The zero-order valence-corrected chi connectivity index (χ0v) is 19.1. The van der Waals surface area contributed by atoms with Crippen molar-refractivity contribution in [2.24, 2.45) is 5.92 Å². The van der Waals surface area contributed by atoms with E-state index in [4.69, 9.17) is 0 Å². The molecule has 1 heterocycles. The van der Waals surface area contributed by atoms with Crippen molar-refractivity contribution in [3.8, 4) is 0 Å². The molecule has 1 aliphatic heterocycles. The topological polar surface area (TPSA) is 49.4 Å². The SMILES string of the molecule is CCCc1ccccc1N1C(=O)CSC1c1ccc(NC(=O)CCC2CCCC2)cc1. The third-order valence-electron chi connectivity index (χ3n) is 6.37. The maximum atomic E-state index is 12.8. The molecule has 2 fully saturated rings. The number of carbonyl (C=O) groups excluding carboxylic acids is 2. The van der Waals surface area contributed by atoms with Gasteiger partial charge >= 0.3 is 0 Å². The molecule has 0 spiro atoms. The number of nitrogens with one attached hydrogen (secondary N) is 1. The van der Waals surface area contributed by atoms with E-state index in [-0.39, 0.29) is 17.2 Å². The lowest BCUT2D eigenvalue weighted by Crippen LogP contribution is -2.28. The van der Waals surface area contributed by atoms with Crippen LogP contribution in [0.2, 0.25) is 0 Å². The van der Waals surface area contributed by atoms with Gasteiger partial charge in [0.1, 0.15) is 5.37 Å². The molecule has 1 N–H and O–H groups in total. The van der Waals surface area contributed by atoms with Crippen LogP contribution >= 0.6 is 11.8 Å². The minimum atomic E-state index is -0.0300. The third-order valence-corrected chi connectivity index (χ3v) is 7.58. The highest BCUT2D eigenvalue weighted by Gasteiger charge is 2.35. The quantitative estimate of drug-likeness (QED) is 0.526. The Bertz CT molecular complexity index is 906. The highest BCUT2D eigenvalue weighted by Crippen LogP contribution is 2.43. The minimum Gasteiger partial charge on any atom is -0.326 e. The lowest BCUT2D eigenvalue weighted by Gasteiger charge is -2.26. The summed E-state index contributed by atoms with van der Waals surface area (Å²) in [7, 11) is 0. The number of para-hydroxylation sites is 1. The van der Waals surface area contributed by atoms with Crippen LogP contribution in [0.25, 0.3) is 0 Å². The summed E-state index contributed by atoms with van der Waals surface area (Å²) in [5.41, 5.74) is 4.16. The zero-order chi connectivity index (χ0) is 21.6. The Hall–Kier alpha value is -2.27. The maximum absolute atomic E-state index is 12.8. The molecule has 1 aliphatic carbocycles. The minimum absolute atomic E-state index is 0.0300. The highest BCUT2D eigenvalue weighted by molar-refractivity contribution is 8.00. The van der Waals surface area contributed by atoms with Gasteiger partial charge in [0.15, 0.2) is 0 Å². The van der Waals surface area contributed by atoms with Crippen LogP contribution in [0.5, 0.6) is 0 Å². The molecule has 1 saturated carbocycles. The molecule has 2 aromatic rings. The van der Waals surface area contributed by atoms with Crippen LogP contribution < -0.4 is 10.2 Å². The van der Waals surface area contributed by atoms with E-state index >= 15 is 0 Å². The van der Waals surface area contributed by atoms with Gasteiger partial charge in [-0.15, -0.1) is 11.8 Å². The van der Waals surface area contributed by atoms with Crippen molar-refractivity contribution in [1.82, 2.24) is 0 Å². The number of aryl methyl sites for hydroxylation is 1. The van der Waals surface area contributed by atoms with Gasteiger partial charge in [0.25, 0.3) is 0 Å². The summed E-state index contributed by atoms with van der Waals surface area (Å²) in [6, 6.07) is 16.2. The number of rotatable bonds is 8. The molecule has 1 unspecified atom stereocenters. The molecule has 0 bridgehead atoms. The summed E-state index contributed by atoms with van der Waals surface area (Å²) in [4.78, 5) is 27.0. The van der Waals surface area contributed by atoms with Gasteiger partial charge in [-0.3, -0.25) is 14.5 Å². The van der Waals surface area contributed by atoms with E-state index in [9.17, 15) is 9.59 Å². The summed E-state index contributed by atoms with van der Waals surface area (Å²) < 4.78 is 0. The first-order chi connectivity index (χ1) is 15.2. The molecule has 164 valence electrons. The van der Waals surface area contributed by atoms with E-state index in [0.717, 1.165) is 42.1 Å². The second-order valence-electron chi connectivity index (χ2n) is 8.67. The van der Waals surface area contributed by atoms with Crippen LogP contribution in [0.1, 0.15) is 68.4 Å². The van der Waals surface area contributed by atoms with E-state index in [1.807, 2.05) is 41.3 Å². The van der Waals surface area contributed by atoms with E-state index in [0.29, 0.717) is 12.2 Å². The summed E-state index contributed by atoms with van der Waals surface area (Å²) in [6.45, 7) is 2.16. The van der Waals surface area contributed by atoms with Crippen molar-refractivity contribution >= 4 is 35.0 Å². The summed E-state index contributed by atoms with van der Waals surface area (Å²) in [5, 5.41) is 3.00. The number of thioether (sulfide) groups is 1. The maximum Gasteiger partial charge on any atom is 0.238 e. The third kappa shape index (κ3) is 5.32. The van der Waals surface area contributed by atoms with Gasteiger partial charge in [0.2, 0.25) is 11.8 Å². The smallest absolute Gasteiger partial charge is 0.238 e. The molecule has 31 heavy (non-hydrogen) atoms. The Kier molecular flexibility index (Phi) is 7.33. The summed E-state index contributed by atoms with van der Waals surface area (Å²) in [6.07, 6.45) is 8.79. The lowest BCUT2D eigenvalue weighted by molar-refractivity contribution is -0.117. The largest absolute Gasteiger partial charge is 0.326 e. The number of hydrogen-bond donors (Lipinski definition) is 1. The molecule has 2 aliphatic rings. The molecule has 4 nitrogen and oxygen atoms in total. The predicted octanol–water partition coefficient (Wildman–Crippen LogP) is 6.33. The van der Waals surface area contributed by atoms with Crippen LogP contribution in [-0.2, 0) is 16.0 Å². The van der Waals surface area contributed by atoms with Crippen LogP contribution in [0, 0.1) is 5.92 Å². The molecule has 1 saturated heterocycles. The first-order valence-corrected chi connectivity index (χ1v) is 12.6. The molecule has 5 heteroatoms. The summed E-state index contributed by atoms with van der Waals surface area (Å²) >= 11 is 1.66. The van der Waals surface area contributed by atoms with E-state index in [1.54, 1.807) is 11.8 Å². The van der Waals surface area contributed by atoms with Gasteiger partial charge in [-0.1, -0.05) is 69.4 Å². The molecular formula is C26H32N2O2S. The van der Waals surface area contributed by atoms with Crippen molar-refractivity contribution in [2.45, 2.75) is 63.7 Å². The summed E-state index contributed by atoms with van der Waals surface area (Å²) in [5.74, 6) is 1.47. The van der Waals surface area contributed by atoms with Gasteiger partial charge in [0.05, 0.1) is 5.75 Å². The van der Waals surface area contributed by atoms with Gasteiger partial charge in [-0.25, -0.2) is 0 Å². The fourth-order valence-electron chi connectivity index (χ4n) is 4.75. The first-order valence-electron chi connectivity index (χ1n) is 11.6. The average Bonchev–Trinajstić information content (AvgIpc) is 3.43. The van der Waals surface area contributed by atoms with E-state index in [1.165, 1.54) is 31.2 Å². The monoisotopic (exact) mass is 436 g/mol. The van der Waals surface area contributed by atoms with Crippen molar-refractivity contribution < 1.29 is 9.59 Å². The second-order valence-corrected chi connectivity index (χ2v) is 9.73. The lowest BCUT2D eigenvalue weighted by atomic mass is 10.0. The normalized spacial score (nSPS) is 19.2. The van der Waals surface area contributed by atoms with Gasteiger partial charge in [-0.2, -0.15) is 0 Å². The number of amides is 2. The van der Waals surface area contributed by atoms with Crippen LogP contribution in [0.15, 0.2) is 48.5 Å².